The summed E-state index contributed by atoms with van der Waals surface area (Å²) in [6, 6.07) is 14.8. The maximum Gasteiger partial charge on any atom is 0.212 e. The minimum absolute atomic E-state index is 0.211. The minimum atomic E-state index is -3.37. The van der Waals surface area contributed by atoms with Crippen LogP contribution in [0.25, 0.3) is 0 Å². The van der Waals surface area contributed by atoms with Crippen molar-refractivity contribution < 1.29 is 8.42 Å². The molecule has 1 unspecified atom stereocenters. The summed E-state index contributed by atoms with van der Waals surface area (Å²) in [6.45, 7) is 0. The van der Waals surface area contributed by atoms with Gasteiger partial charge in [-0.15, -0.1) is 0 Å². The zero-order valence-electron chi connectivity index (χ0n) is 13.8. The molecule has 1 aliphatic rings. The monoisotopic (exact) mass is 344 g/mol. The number of hydrogen-bond acceptors (Lipinski definition) is 3. The molecule has 3 rings (SSSR count). The molecular weight excluding hydrogens is 320 g/mol. The summed E-state index contributed by atoms with van der Waals surface area (Å²) >= 11 is 0. The van der Waals surface area contributed by atoms with Gasteiger partial charge in [0.15, 0.2) is 0 Å². The molecule has 24 heavy (non-hydrogen) atoms. The van der Waals surface area contributed by atoms with Crippen LogP contribution in [0.15, 0.2) is 54.7 Å². The Morgan fingerprint density at radius 3 is 2.38 bits per heavy atom. The van der Waals surface area contributed by atoms with Crippen LogP contribution in [-0.2, 0) is 10.0 Å². The number of nitrogens with zero attached hydrogens (tertiary/aromatic N) is 1. The van der Waals surface area contributed by atoms with Crippen molar-refractivity contribution in [1.29, 1.82) is 0 Å². The van der Waals surface area contributed by atoms with Gasteiger partial charge in [0.2, 0.25) is 10.0 Å². The maximum absolute atomic E-state index is 12.7. The summed E-state index contributed by atoms with van der Waals surface area (Å²) in [5.74, 6) is 0.486. The highest BCUT2D eigenvalue weighted by atomic mass is 32.2. The van der Waals surface area contributed by atoms with Crippen molar-refractivity contribution in [2.45, 2.75) is 38.1 Å². The van der Waals surface area contributed by atoms with E-state index in [9.17, 15) is 8.42 Å². The van der Waals surface area contributed by atoms with Crippen molar-refractivity contribution in [2.75, 3.05) is 5.75 Å². The molecule has 1 aromatic heterocycles. The second-order valence-electron chi connectivity index (χ2n) is 6.50. The predicted molar refractivity (Wildman–Crippen MR) is 96.0 cm³/mol. The van der Waals surface area contributed by atoms with Crippen LogP contribution in [-0.4, -0.2) is 19.2 Å². The molecule has 1 aliphatic carbocycles. The first-order valence-corrected chi connectivity index (χ1v) is 10.3. The predicted octanol–water partition coefficient (Wildman–Crippen LogP) is 3.67. The van der Waals surface area contributed by atoms with E-state index in [2.05, 4.69) is 9.71 Å². The van der Waals surface area contributed by atoms with E-state index in [-0.39, 0.29) is 11.7 Å². The van der Waals surface area contributed by atoms with E-state index in [0.717, 1.165) is 36.9 Å². The van der Waals surface area contributed by atoms with E-state index in [1.54, 1.807) is 6.20 Å². The van der Waals surface area contributed by atoms with E-state index in [4.69, 9.17) is 0 Å². The number of sulfonamides is 1. The van der Waals surface area contributed by atoms with E-state index in [1.165, 1.54) is 6.42 Å². The molecular formula is C19H24N2O2S. The molecule has 1 aromatic carbocycles. The summed E-state index contributed by atoms with van der Waals surface area (Å²) in [5, 5.41) is 0. The molecule has 0 radical (unpaired) electrons. The van der Waals surface area contributed by atoms with Crippen LogP contribution in [0.2, 0.25) is 0 Å². The minimum Gasteiger partial charge on any atom is -0.259 e. The zero-order valence-corrected chi connectivity index (χ0v) is 14.6. The van der Waals surface area contributed by atoms with Gasteiger partial charge in [-0.05, 0) is 36.5 Å². The molecule has 4 nitrogen and oxygen atoms in total. The Bertz CT molecular complexity index is 687. The molecule has 5 heteroatoms. The summed E-state index contributed by atoms with van der Waals surface area (Å²) in [6.07, 6.45) is 7.23. The number of hydrogen-bond donors (Lipinski definition) is 1. The fourth-order valence-electron chi connectivity index (χ4n) is 3.38. The molecule has 1 atom stereocenters. The molecule has 0 bridgehead atoms. The molecule has 0 amide bonds. The average molecular weight is 344 g/mol. The lowest BCUT2D eigenvalue weighted by atomic mass is 9.91. The third kappa shape index (κ3) is 4.65. The molecule has 0 saturated heterocycles. The lowest BCUT2D eigenvalue weighted by Gasteiger charge is -2.24. The van der Waals surface area contributed by atoms with E-state index in [0.29, 0.717) is 0 Å². The lowest BCUT2D eigenvalue weighted by molar-refractivity contribution is 0.383. The number of rotatable bonds is 6. The van der Waals surface area contributed by atoms with Crippen LogP contribution < -0.4 is 4.72 Å². The van der Waals surface area contributed by atoms with E-state index >= 15 is 0 Å². The Labute approximate surface area is 144 Å². The molecule has 2 aromatic rings. The molecule has 1 heterocycles. The third-order valence-electron chi connectivity index (χ3n) is 4.59. The number of pyridine rings is 1. The van der Waals surface area contributed by atoms with Gasteiger partial charge in [0.05, 0.1) is 17.5 Å². The summed E-state index contributed by atoms with van der Waals surface area (Å²) in [5.41, 5.74) is 1.62. The van der Waals surface area contributed by atoms with Gasteiger partial charge in [-0.25, -0.2) is 13.1 Å². The van der Waals surface area contributed by atoms with Gasteiger partial charge in [-0.3, -0.25) is 4.98 Å². The maximum atomic E-state index is 12.7. The van der Waals surface area contributed by atoms with Crippen LogP contribution in [0.1, 0.15) is 49.4 Å². The number of aromatic nitrogens is 1. The van der Waals surface area contributed by atoms with Crippen molar-refractivity contribution in [3.8, 4) is 0 Å². The van der Waals surface area contributed by atoms with Crippen molar-refractivity contribution >= 4 is 10.0 Å². The van der Waals surface area contributed by atoms with Crippen LogP contribution in [0.5, 0.6) is 0 Å². The van der Waals surface area contributed by atoms with E-state index < -0.39 is 16.1 Å². The standard InChI is InChI=1S/C19H24N2O2S/c22-24(23,15-16-9-3-1-4-10-16)21-19(17-11-5-2-6-12-17)18-13-7-8-14-20-18/h2,5-8,11-14,16,19,21H,1,3-4,9-10,15H2. The van der Waals surface area contributed by atoms with Crippen molar-refractivity contribution in [2.24, 2.45) is 5.92 Å². The van der Waals surface area contributed by atoms with Gasteiger partial charge < -0.3 is 0 Å². The van der Waals surface area contributed by atoms with Crippen LogP contribution in [0.4, 0.5) is 0 Å². The van der Waals surface area contributed by atoms with Gasteiger partial charge >= 0.3 is 0 Å². The Morgan fingerprint density at radius 2 is 1.71 bits per heavy atom. The first-order valence-electron chi connectivity index (χ1n) is 8.60. The van der Waals surface area contributed by atoms with Crippen LogP contribution >= 0.6 is 0 Å². The van der Waals surface area contributed by atoms with E-state index in [1.807, 2.05) is 48.5 Å². The highest BCUT2D eigenvalue weighted by Gasteiger charge is 2.26. The molecule has 1 saturated carbocycles. The zero-order chi connectivity index (χ0) is 16.8. The largest absolute Gasteiger partial charge is 0.259 e. The Morgan fingerprint density at radius 1 is 1.00 bits per heavy atom. The van der Waals surface area contributed by atoms with Gasteiger partial charge in [0.25, 0.3) is 0 Å². The number of nitrogens with one attached hydrogen (secondary N) is 1. The average Bonchev–Trinajstić information content (AvgIpc) is 2.62. The third-order valence-corrected chi connectivity index (χ3v) is 6.10. The quantitative estimate of drug-likeness (QED) is 0.870. The summed E-state index contributed by atoms with van der Waals surface area (Å²) < 4.78 is 28.3. The molecule has 128 valence electrons. The van der Waals surface area contributed by atoms with Crippen LogP contribution in [0.3, 0.4) is 0 Å². The molecule has 0 spiro atoms. The highest BCUT2D eigenvalue weighted by molar-refractivity contribution is 7.89. The highest BCUT2D eigenvalue weighted by Crippen LogP contribution is 2.26. The van der Waals surface area contributed by atoms with Crippen molar-refractivity contribution in [3.05, 3.63) is 66.0 Å². The Hall–Kier alpha value is -1.72. The molecule has 1 N–H and O–H groups in total. The first-order chi connectivity index (χ1) is 11.6. The molecule has 1 fully saturated rings. The topological polar surface area (TPSA) is 59.1 Å². The normalized spacial score (nSPS) is 17.5. The van der Waals surface area contributed by atoms with Crippen molar-refractivity contribution in [3.63, 3.8) is 0 Å². The summed E-state index contributed by atoms with van der Waals surface area (Å²) in [4.78, 5) is 4.36. The summed E-state index contributed by atoms with van der Waals surface area (Å²) in [7, 11) is -3.37. The number of benzene rings is 1. The van der Waals surface area contributed by atoms with Gasteiger partial charge in [0.1, 0.15) is 0 Å². The fraction of sp³-hybridized carbons (Fsp3) is 0.421. The van der Waals surface area contributed by atoms with Gasteiger partial charge in [0, 0.05) is 6.20 Å². The Kier molecular flexibility index (Phi) is 5.63. The fourth-order valence-corrected chi connectivity index (χ4v) is 5.05. The van der Waals surface area contributed by atoms with Gasteiger partial charge in [-0.1, -0.05) is 55.7 Å². The van der Waals surface area contributed by atoms with Crippen LogP contribution in [0, 0.1) is 5.92 Å². The smallest absolute Gasteiger partial charge is 0.212 e. The second-order valence-corrected chi connectivity index (χ2v) is 8.30. The Balaban J connectivity index is 1.81. The lowest BCUT2D eigenvalue weighted by Crippen LogP contribution is -2.34. The van der Waals surface area contributed by atoms with Crippen molar-refractivity contribution in [1.82, 2.24) is 9.71 Å². The SMILES string of the molecule is O=S(=O)(CC1CCCCC1)NC(c1ccccc1)c1ccccn1. The first kappa shape index (κ1) is 17.1. The second kappa shape index (κ2) is 7.90. The van der Waals surface area contributed by atoms with Gasteiger partial charge in [-0.2, -0.15) is 0 Å². The molecule has 0 aliphatic heterocycles.